The van der Waals surface area contributed by atoms with Crippen LogP contribution in [0.3, 0.4) is 0 Å². The second-order valence-electron chi connectivity index (χ2n) is 4.31. The van der Waals surface area contributed by atoms with Crippen LogP contribution in [0, 0.1) is 6.92 Å². The highest BCUT2D eigenvalue weighted by Gasteiger charge is 2.16. The van der Waals surface area contributed by atoms with E-state index in [4.69, 9.17) is 28.9 Å². The molecular weight excluding hydrogens is 315 g/mol. The monoisotopic (exact) mass is 324 g/mol. The number of nitrogens with two attached hydrogens (primary N) is 1. The summed E-state index contributed by atoms with van der Waals surface area (Å²) in [6.45, 7) is 1.99. The normalized spacial score (nSPS) is 10.9. The Labute approximate surface area is 129 Å². The highest BCUT2D eigenvalue weighted by atomic mass is 35.5. The molecule has 3 aromatic heterocycles. The number of hydrogen-bond donors (Lipinski definition) is 1. The quantitative estimate of drug-likeness (QED) is 0.768. The molecule has 3 heterocycles. The van der Waals surface area contributed by atoms with Gasteiger partial charge < -0.3 is 5.73 Å². The molecule has 0 bridgehead atoms. The standard InChI is InChI=1S/C13H10Cl2N4S/c1-7-2-3-17-11(4-7)19-6-9(16)12(18-19)8-5-10(14)20-13(8)15/h2-6H,16H2,1H3. The fraction of sp³-hybridized carbons (Fsp3) is 0.0769. The Kier molecular flexibility index (Phi) is 3.41. The Morgan fingerprint density at radius 3 is 2.75 bits per heavy atom. The van der Waals surface area contributed by atoms with Crippen molar-refractivity contribution >= 4 is 40.2 Å². The lowest BCUT2D eigenvalue weighted by Crippen LogP contribution is -1.98. The average Bonchev–Trinajstić information content (AvgIpc) is 2.92. The predicted octanol–water partition coefficient (Wildman–Crippen LogP) is 4.19. The lowest BCUT2D eigenvalue weighted by molar-refractivity contribution is 0.848. The van der Waals surface area contributed by atoms with Crippen LogP contribution >= 0.6 is 34.5 Å². The molecule has 0 saturated carbocycles. The molecular formula is C13H10Cl2N4S. The van der Waals surface area contributed by atoms with Crippen molar-refractivity contribution in [2.75, 3.05) is 5.73 Å². The summed E-state index contributed by atoms with van der Waals surface area (Å²) in [4.78, 5) is 4.27. The van der Waals surface area contributed by atoms with E-state index in [9.17, 15) is 0 Å². The SMILES string of the molecule is Cc1ccnc(-n2cc(N)c(-c3cc(Cl)sc3Cl)n2)c1. The first-order valence-electron chi connectivity index (χ1n) is 5.78. The molecule has 2 N–H and O–H groups in total. The molecule has 0 fully saturated rings. The van der Waals surface area contributed by atoms with Crippen molar-refractivity contribution in [2.45, 2.75) is 6.92 Å². The largest absolute Gasteiger partial charge is 0.396 e. The average molecular weight is 325 g/mol. The molecule has 0 aliphatic carbocycles. The summed E-state index contributed by atoms with van der Waals surface area (Å²) in [6.07, 6.45) is 3.45. The van der Waals surface area contributed by atoms with Crippen molar-refractivity contribution in [2.24, 2.45) is 0 Å². The van der Waals surface area contributed by atoms with Gasteiger partial charge in [-0.05, 0) is 30.7 Å². The lowest BCUT2D eigenvalue weighted by atomic mass is 10.2. The van der Waals surface area contributed by atoms with Crippen molar-refractivity contribution in [3.05, 3.63) is 44.8 Å². The molecule has 7 heteroatoms. The molecule has 0 aromatic carbocycles. The maximum Gasteiger partial charge on any atom is 0.153 e. The van der Waals surface area contributed by atoms with Gasteiger partial charge >= 0.3 is 0 Å². The summed E-state index contributed by atoms with van der Waals surface area (Å²) in [5.41, 5.74) is 9.00. The van der Waals surface area contributed by atoms with Gasteiger partial charge in [-0.25, -0.2) is 9.67 Å². The van der Waals surface area contributed by atoms with E-state index in [1.54, 1.807) is 23.1 Å². The second kappa shape index (κ2) is 5.09. The molecule has 4 nitrogen and oxygen atoms in total. The number of rotatable bonds is 2. The molecule has 3 rings (SSSR count). The highest BCUT2D eigenvalue weighted by Crippen LogP contribution is 2.39. The van der Waals surface area contributed by atoms with E-state index < -0.39 is 0 Å². The molecule has 0 aliphatic heterocycles. The minimum Gasteiger partial charge on any atom is -0.396 e. The topological polar surface area (TPSA) is 56.7 Å². The van der Waals surface area contributed by atoms with Gasteiger partial charge in [0.25, 0.3) is 0 Å². The van der Waals surface area contributed by atoms with Crippen molar-refractivity contribution in [1.29, 1.82) is 0 Å². The van der Waals surface area contributed by atoms with E-state index in [0.717, 1.165) is 11.1 Å². The summed E-state index contributed by atoms with van der Waals surface area (Å²) >= 11 is 13.4. The van der Waals surface area contributed by atoms with Crippen LogP contribution in [0.5, 0.6) is 0 Å². The summed E-state index contributed by atoms with van der Waals surface area (Å²) in [6, 6.07) is 5.62. The van der Waals surface area contributed by atoms with Crippen LogP contribution in [0.2, 0.25) is 8.67 Å². The number of nitrogens with zero attached hydrogens (tertiary/aromatic N) is 3. The minimum absolute atomic E-state index is 0.532. The number of halogens is 2. The van der Waals surface area contributed by atoms with Crippen LogP contribution in [0.4, 0.5) is 5.69 Å². The third-order valence-electron chi connectivity index (χ3n) is 2.79. The molecule has 0 radical (unpaired) electrons. The molecule has 3 aromatic rings. The van der Waals surface area contributed by atoms with Crippen molar-refractivity contribution < 1.29 is 0 Å². The first-order valence-corrected chi connectivity index (χ1v) is 7.35. The number of aromatic nitrogens is 3. The number of pyridine rings is 1. The van der Waals surface area contributed by atoms with Gasteiger partial charge in [0, 0.05) is 11.8 Å². The summed E-state index contributed by atoms with van der Waals surface area (Å²) in [5.74, 6) is 0.709. The van der Waals surface area contributed by atoms with Crippen molar-refractivity contribution in [3.63, 3.8) is 0 Å². The van der Waals surface area contributed by atoms with E-state index in [0.29, 0.717) is 25.9 Å². The Morgan fingerprint density at radius 2 is 2.10 bits per heavy atom. The second-order valence-corrected chi connectivity index (χ2v) is 6.59. The third kappa shape index (κ3) is 2.40. The van der Waals surface area contributed by atoms with Crippen LogP contribution in [-0.2, 0) is 0 Å². The van der Waals surface area contributed by atoms with Crippen LogP contribution in [0.1, 0.15) is 5.56 Å². The van der Waals surface area contributed by atoms with Crippen LogP contribution in [0.15, 0.2) is 30.6 Å². The van der Waals surface area contributed by atoms with Gasteiger partial charge in [-0.3, -0.25) is 0 Å². The maximum atomic E-state index is 6.15. The fourth-order valence-electron chi connectivity index (χ4n) is 1.86. The number of anilines is 1. The van der Waals surface area contributed by atoms with E-state index in [-0.39, 0.29) is 0 Å². The first kappa shape index (κ1) is 13.4. The van der Waals surface area contributed by atoms with Crippen molar-refractivity contribution in [3.8, 4) is 17.1 Å². The lowest BCUT2D eigenvalue weighted by Gasteiger charge is -2.00. The van der Waals surface area contributed by atoms with Crippen molar-refractivity contribution in [1.82, 2.24) is 14.8 Å². The minimum atomic E-state index is 0.532. The predicted molar refractivity (Wildman–Crippen MR) is 83.8 cm³/mol. The zero-order valence-corrected chi connectivity index (χ0v) is 12.8. The highest BCUT2D eigenvalue weighted by molar-refractivity contribution is 7.20. The molecule has 20 heavy (non-hydrogen) atoms. The van der Waals surface area contributed by atoms with E-state index in [2.05, 4.69) is 10.1 Å². The first-order chi connectivity index (χ1) is 9.54. The Bertz CT molecular complexity index is 779. The molecule has 0 spiro atoms. The third-order valence-corrected chi connectivity index (χ3v) is 4.28. The molecule has 0 aliphatic rings. The zero-order chi connectivity index (χ0) is 14.3. The van der Waals surface area contributed by atoms with Crippen LogP contribution < -0.4 is 5.73 Å². The summed E-state index contributed by atoms with van der Waals surface area (Å²) < 4.78 is 2.82. The van der Waals surface area contributed by atoms with Gasteiger partial charge in [-0.2, -0.15) is 5.10 Å². The zero-order valence-electron chi connectivity index (χ0n) is 10.5. The summed E-state index contributed by atoms with van der Waals surface area (Å²) in [5, 5.41) is 4.46. The van der Waals surface area contributed by atoms with E-state index in [1.807, 2.05) is 19.1 Å². The van der Waals surface area contributed by atoms with E-state index >= 15 is 0 Å². The van der Waals surface area contributed by atoms with Gasteiger partial charge in [0.2, 0.25) is 0 Å². The molecule has 0 amide bonds. The summed E-state index contributed by atoms with van der Waals surface area (Å²) in [7, 11) is 0. The molecule has 0 saturated heterocycles. The molecule has 102 valence electrons. The molecule has 0 unspecified atom stereocenters. The van der Waals surface area contributed by atoms with Gasteiger partial charge in [0.15, 0.2) is 5.82 Å². The Balaban J connectivity index is 2.10. The molecule has 0 atom stereocenters. The Hall–Kier alpha value is -1.56. The number of thiophene rings is 1. The number of nitrogen functional groups attached to an aromatic ring is 1. The van der Waals surface area contributed by atoms with Gasteiger partial charge in [0.1, 0.15) is 10.0 Å². The number of hydrogen-bond acceptors (Lipinski definition) is 4. The van der Waals surface area contributed by atoms with Crippen LogP contribution in [0.25, 0.3) is 17.1 Å². The van der Waals surface area contributed by atoms with E-state index in [1.165, 1.54) is 11.3 Å². The van der Waals surface area contributed by atoms with Gasteiger partial charge in [-0.15, -0.1) is 11.3 Å². The van der Waals surface area contributed by atoms with Gasteiger partial charge in [-0.1, -0.05) is 23.2 Å². The maximum absolute atomic E-state index is 6.15. The smallest absolute Gasteiger partial charge is 0.153 e. The fourth-order valence-corrected chi connectivity index (χ4v) is 3.33. The Morgan fingerprint density at radius 1 is 1.30 bits per heavy atom. The van der Waals surface area contributed by atoms with Gasteiger partial charge in [0.05, 0.1) is 16.2 Å². The number of aryl methyl sites for hydroxylation is 1. The van der Waals surface area contributed by atoms with Crippen LogP contribution in [-0.4, -0.2) is 14.8 Å².